The van der Waals surface area contributed by atoms with Crippen LogP contribution >= 0.6 is 20.2 Å². The molecule has 6 heteroatoms. The van der Waals surface area contributed by atoms with Gasteiger partial charge in [-0.1, -0.05) is 0 Å². The van der Waals surface area contributed by atoms with Crippen LogP contribution in [0.4, 0.5) is 0 Å². The van der Waals surface area contributed by atoms with Crippen LogP contribution in [0.2, 0.25) is 0 Å². The van der Waals surface area contributed by atoms with E-state index in [1.54, 1.807) is 0 Å². The van der Waals surface area contributed by atoms with Crippen molar-refractivity contribution in [2.45, 2.75) is 52.6 Å². The van der Waals surface area contributed by atoms with Crippen LogP contribution < -0.4 is 0 Å². The van der Waals surface area contributed by atoms with Crippen LogP contribution in [-0.2, 0) is 13.1 Å². The second-order valence-electron chi connectivity index (χ2n) is 6.28. The number of rotatable bonds is 2. The van der Waals surface area contributed by atoms with E-state index < -0.39 is 0 Å². The maximum absolute atomic E-state index is 4.76. The molecule has 0 atom stereocenters. The Labute approximate surface area is 136 Å². The molecule has 0 radical (unpaired) electrons. The summed E-state index contributed by atoms with van der Waals surface area (Å²) in [4.78, 5) is 12.2. The van der Waals surface area contributed by atoms with Gasteiger partial charge in [-0.25, -0.2) is 0 Å². The van der Waals surface area contributed by atoms with Crippen molar-refractivity contribution < 1.29 is 13.1 Å². The molecule has 20 heavy (non-hydrogen) atoms. The Bertz CT molecular complexity index is 402. The van der Waals surface area contributed by atoms with Crippen LogP contribution in [0.1, 0.15) is 52.9 Å². The van der Waals surface area contributed by atoms with Crippen LogP contribution in [0.5, 0.6) is 0 Å². The number of nitrogens with one attached hydrogen (secondary N) is 1. The van der Waals surface area contributed by atoms with E-state index in [0.29, 0.717) is 0 Å². The maximum atomic E-state index is 4.76. The second-order valence-corrected chi connectivity index (χ2v) is 8.10. The molecular weight excluding hydrogens is 337 g/mol. The fraction of sp³-hybridized carbons (Fsp3) is 0.571. The zero-order valence-corrected chi connectivity index (χ0v) is 15.4. The molecule has 1 aromatic rings. The van der Waals surface area contributed by atoms with E-state index >= 15 is 0 Å². The number of aromatic amines is 1. The molecule has 0 amide bonds. The molecule has 0 bridgehead atoms. The third-order valence-corrected chi connectivity index (χ3v) is 1.91. The first-order valence-electron chi connectivity index (χ1n) is 6.22. The van der Waals surface area contributed by atoms with Gasteiger partial charge in [0.05, 0.1) is 22.5 Å². The van der Waals surface area contributed by atoms with Crippen LogP contribution in [-0.4, -0.2) is 28.5 Å². The molecule has 0 saturated heterocycles. The number of hydrogen-bond donors (Lipinski definition) is 1. The molecule has 0 aliphatic carbocycles. The summed E-state index contributed by atoms with van der Waals surface area (Å²) < 4.78 is 0. The summed E-state index contributed by atoms with van der Waals surface area (Å²) in [5.74, 6) is 0. The molecule has 3 nitrogen and oxygen atoms in total. The molecule has 0 aromatic carbocycles. The van der Waals surface area contributed by atoms with E-state index in [1.165, 1.54) is 0 Å². The van der Waals surface area contributed by atoms with E-state index in [9.17, 15) is 0 Å². The topological polar surface area (TPSA) is 40.5 Å². The van der Waals surface area contributed by atoms with Gasteiger partial charge in [0.25, 0.3) is 0 Å². The third-order valence-electron chi connectivity index (χ3n) is 1.91. The predicted octanol–water partition coefficient (Wildman–Crippen LogP) is 4.83. The van der Waals surface area contributed by atoms with Gasteiger partial charge in [-0.15, -0.1) is 0 Å². The number of hydrogen-bond acceptors (Lipinski definition) is 2. The molecule has 1 heterocycles. The minimum absolute atomic E-state index is 0.0369. The summed E-state index contributed by atoms with van der Waals surface area (Å²) in [6.45, 7) is 12.5. The van der Waals surface area contributed by atoms with Gasteiger partial charge in [0.2, 0.25) is 0 Å². The van der Waals surface area contributed by atoms with Crippen molar-refractivity contribution in [3.63, 3.8) is 0 Å². The van der Waals surface area contributed by atoms with E-state index in [0.717, 1.165) is 11.4 Å². The fourth-order valence-electron chi connectivity index (χ4n) is 1.11. The van der Waals surface area contributed by atoms with Crippen molar-refractivity contribution in [1.82, 2.24) is 4.98 Å². The Balaban J connectivity index is 0.00000110. The number of aromatic nitrogens is 1. The first kappa shape index (κ1) is 19.7. The van der Waals surface area contributed by atoms with Gasteiger partial charge in [0.1, 0.15) is 0 Å². The minimum atomic E-state index is -0.0369. The van der Waals surface area contributed by atoms with Crippen molar-refractivity contribution in [2.75, 3.05) is 0 Å². The number of H-pyrrole nitrogens is 1. The molecule has 0 unspecified atom stereocenters. The van der Waals surface area contributed by atoms with Crippen molar-refractivity contribution in [1.29, 1.82) is 0 Å². The number of halogens is 2. The molecule has 0 aliphatic heterocycles. The normalized spacial score (nSPS) is 13.0. The molecule has 116 valence electrons. The summed E-state index contributed by atoms with van der Waals surface area (Å²) in [5.41, 5.74) is 1.95. The van der Waals surface area contributed by atoms with Crippen molar-refractivity contribution in [3.8, 4) is 0 Å². The predicted molar refractivity (Wildman–Crippen MR) is 87.2 cm³/mol. The van der Waals surface area contributed by atoms with E-state index in [4.69, 9.17) is 20.2 Å². The quantitative estimate of drug-likeness (QED) is 0.580. The molecule has 0 aliphatic rings. The monoisotopic (exact) mass is 359 g/mol. The summed E-state index contributed by atoms with van der Waals surface area (Å²) in [7, 11) is 9.53. The Morgan fingerprint density at radius 1 is 0.900 bits per heavy atom. The van der Waals surface area contributed by atoms with Crippen molar-refractivity contribution in [3.05, 3.63) is 23.5 Å². The Morgan fingerprint density at radius 3 is 1.45 bits per heavy atom. The Kier molecular flexibility index (Phi) is 8.76. The van der Waals surface area contributed by atoms with Crippen LogP contribution in [0.25, 0.3) is 0 Å². The number of nitrogens with zero attached hydrogens (tertiary/aromatic N) is 2. The molecular formula is C14H23Cl2FeN3. The summed E-state index contributed by atoms with van der Waals surface area (Å²) >= 11 is 0.194. The standard InChI is InChI=1S/C14H23N3.2ClH.Fe/c1-13(2,3)15-9-11-7-8-12(17-11)10-16-14(4,5)6;;;/h7-10,17H,1-6H3;2*1H;/q;;;+2/p-2. The molecule has 1 N–H and O–H groups in total. The first-order valence-corrected chi connectivity index (χ1v) is 9.26. The van der Waals surface area contributed by atoms with Gasteiger partial charge in [-0.2, -0.15) is 0 Å². The van der Waals surface area contributed by atoms with E-state index in [1.807, 2.05) is 24.6 Å². The molecule has 1 rings (SSSR count). The Morgan fingerprint density at radius 2 is 1.20 bits per heavy atom. The SMILES string of the molecule is CC(C)(C)N=Cc1ccc(C=NC(C)(C)C)[nH]1.[Cl][Fe][Cl]. The van der Waals surface area contributed by atoms with E-state index in [2.05, 4.69) is 56.5 Å². The van der Waals surface area contributed by atoms with Gasteiger partial charge >= 0.3 is 33.3 Å². The summed E-state index contributed by atoms with van der Waals surface area (Å²) in [6, 6.07) is 4.03. The van der Waals surface area contributed by atoms with Gasteiger partial charge in [0, 0.05) is 12.4 Å². The first-order chi connectivity index (χ1) is 9.07. The summed E-state index contributed by atoms with van der Waals surface area (Å²) in [6.07, 6.45) is 3.74. The Hall–Kier alpha value is -0.281. The van der Waals surface area contributed by atoms with Crippen LogP contribution in [0, 0.1) is 0 Å². The average Bonchev–Trinajstić information content (AvgIpc) is 2.71. The molecule has 0 saturated carbocycles. The van der Waals surface area contributed by atoms with Gasteiger partial charge in [-0.05, 0) is 53.7 Å². The van der Waals surface area contributed by atoms with Crippen molar-refractivity contribution in [2.24, 2.45) is 9.98 Å². The summed E-state index contributed by atoms with van der Waals surface area (Å²) in [5, 5.41) is 0. The molecule has 0 fully saturated rings. The van der Waals surface area contributed by atoms with Gasteiger partial charge in [0.15, 0.2) is 0 Å². The second kappa shape index (κ2) is 8.89. The van der Waals surface area contributed by atoms with Crippen LogP contribution in [0.3, 0.4) is 0 Å². The van der Waals surface area contributed by atoms with Crippen molar-refractivity contribution >= 4 is 32.6 Å². The van der Waals surface area contributed by atoms with Gasteiger partial charge in [-0.3, -0.25) is 9.98 Å². The number of aliphatic imine (C=N–C) groups is 2. The van der Waals surface area contributed by atoms with E-state index in [-0.39, 0.29) is 24.2 Å². The zero-order valence-electron chi connectivity index (χ0n) is 12.8. The van der Waals surface area contributed by atoms with Gasteiger partial charge < -0.3 is 4.98 Å². The fourth-order valence-corrected chi connectivity index (χ4v) is 1.11. The van der Waals surface area contributed by atoms with Crippen LogP contribution in [0.15, 0.2) is 22.1 Å². The molecule has 1 aromatic heterocycles. The third kappa shape index (κ3) is 11.5. The molecule has 0 spiro atoms. The zero-order chi connectivity index (χ0) is 15.8. The average molecular weight is 360 g/mol.